The van der Waals surface area contributed by atoms with Crippen LogP contribution in [-0.4, -0.2) is 25.0 Å². The normalized spacial score (nSPS) is 12.9. The molecule has 0 aromatic heterocycles. The second-order valence-electron chi connectivity index (χ2n) is 4.15. The number of rotatable bonds is 8. The number of amides is 1. The van der Waals surface area contributed by atoms with Crippen LogP contribution in [0.4, 0.5) is 0 Å². The highest BCUT2D eigenvalue weighted by Crippen LogP contribution is 2.11. The first-order chi connectivity index (χ1) is 7.13. The van der Waals surface area contributed by atoms with Gasteiger partial charge < -0.3 is 10.6 Å². The van der Waals surface area contributed by atoms with Crippen LogP contribution in [0.2, 0.25) is 0 Å². The topological polar surface area (TPSA) is 41.1 Å². The number of hydrogen-bond acceptors (Lipinski definition) is 2. The molecule has 90 valence electrons. The van der Waals surface area contributed by atoms with Crippen molar-refractivity contribution in [2.24, 2.45) is 5.92 Å². The zero-order chi connectivity index (χ0) is 11.7. The zero-order valence-corrected chi connectivity index (χ0v) is 10.6. The van der Waals surface area contributed by atoms with Crippen LogP contribution in [0.25, 0.3) is 0 Å². The lowest BCUT2D eigenvalue weighted by atomic mass is 9.99. The Morgan fingerprint density at radius 2 is 1.80 bits per heavy atom. The van der Waals surface area contributed by atoms with Crippen molar-refractivity contribution in [3.63, 3.8) is 0 Å². The minimum absolute atomic E-state index is 0.188. The van der Waals surface area contributed by atoms with E-state index in [-0.39, 0.29) is 5.91 Å². The number of hydrogen-bond donors (Lipinski definition) is 2. The van der Waals surface area contributed by atoms with Gasteiger partial charge in [-0.1, -0.05) is 33.6 Å². The van der Waals surface area contributed by atoms with Crippen LogP contribution in [0.5, 0.6) is 0 Å². The van der Waals surface area contributed by atoms with E-state index in [0.717, 1.165) is 25.9 Å². The van der Waals surface area contributed by atoms with Crippen molar-refractivity contribution in [3.05, 3.63) is 0 Å². The van der Waals surface area contributed by atoms with Crippen molar-refractivity contribution in [3.8, 4) is 0 Å². The van der Waals surface area contributed by atoms with E-state index in [9.17, 15) is 4.79 Å². The van der Waals surface area contributed by atoms with Crippen LogP contribution in [-0.2, 0) is 4.79 Å². The summed E-state index contributed by atoms with van der Waals surface area (Å²) in [5.74, 6) is 0.730. The van der Waals surface area contributed by atoms with Crippen molar-refractivity contribution >= 4 is 5.91 Å². The Balaban J connectivity index is 3.64. The summed E-state index contributed by atoms with van der Waals surface area (Å²) in [5.41, 5.74) is 0. The fourth-order valence-corrected chi connectivity index (χ4v) is 1.60. The van der Waals surface area contributed by atoms with Gasteiger partial charge in [0.05, 0.1) is 0 Å². The fourth-order valence-electron chi connectivity index (χ4n) is 1.60. The molecule has 0 unspecified atom stereocenters. The first kappa shape index (κ1) is 14.4. The van der Waals surface area contributed by atoms with Crippen molar-refractivity contribution in [1.29, 1.82) is 0 Å². The van der Waals surface area contributed by atoms with Crippen LogP contribution < -0.4 is 10.6 Å². The molecule has 0 spiro atoms. The summed E-state index contributed by atoms with van der Waals surface area (Å²) in [7, 11) is 0. The maximum atomic E-state index is 11.5. The molecule has 2 N–H and O–H groups in total. The van der Waals surface area contributed by atoms with Gasteiger partial charge in [-0.3, -0.25) is 4.79 Å². The summed E-state index contributed by atoms with van der Waals surface area (Å²) in [4.78, 5) is 11.5. The first-order valence-electron chi connectivity index (χ1n) is 6.14. The third kappa shape index (κ3) is 7.37. The summed E-state index contributed by atoms with van der Waals surface area (Å²) in [6.07, 6.45) is 2.85. The van der Waals surface area contributed by atoms with Gasteiger partial charge in [-0.25, -0.2) is 0 Å². The van der Waals surface area contributed by atoms with Crippen LogP contribution in [0.3, 0.4) is 0 Å². The van der Waals surface area contributed by atoms with E-state index in [4.69, 9.17) is 0 Å². The Bertz CT molecular complexity index is 167. The van der Waals surface area contributed by atoms with Gasteiger partial charge in [-0.05, 0) is 19.4 Å². The highest BCUT2D eigenvalue weighted by Gasteiger charge is 2.10. The zero-order valence-electron chi connectivity index (χ0n) is 10.6. The first-order valence-corrected chi connectivity index (χ1v) is 6.14. The second kappa shape index (κ2) is 8.72. The van der Waals surface area contributed by atoms with Gasteiger partial charge in [0.1, 0.15) is 0 Å². The SMILES string of the molecule is CCN[C@H](C)CNC(=O)CC(CC)CC. The summed E-state index contributed by atoms with van der Waals surface area (Å²) in [5, 5.41) is 6.23. The van der Waals surface area contributed by atoms with E-state index in [1.807, 2.05) is 0 Å². The summed E-state index contributed by atoms with van der Waals surface area (Å²) < 4.78 is 0. The molecule has 0 saturated heterocycles. The molecule has 0 aromatic carbocycles. The molecule has 0 aliphatic carbocycles. The molecule has 0 rings (SSSR count). The molecule has 1 atom stereocenters. The van der Waals surface area contributed by atoms with Crippen molar-refractivity contribution in [2.75, 3.05) is 13.1 Å². The lowest BCUT2D eigenvalue weighted by molar-refractivity contribution is -0.122. The van der Waals surface area contributed by atoms with E-state index in [1.54, 1.807) is 0 Å². The van der Waals surface area contributed by atoms with Crippen molar-refractivity contribution < 1.29 is 4.79 Å². The van der Waals surface area contributed by atoms with Crippen LogP contribution in [0.15, 0.2) is 0 Å². The Morgan fingerprint density at radius 1 is 1.20 bits per heavy atom. The van der Waals surface area contributed by atoms with Gasteiger partial charge >= 0.3 is 0 Å². The van der Waals surface area contributed by atoms with Crippen molar-refractivity contribution in [1.82, 2.24) is 10.6 Å². The minimum atomic E-state index is 0.188. The summed E-state index contributed by atoms with van der Waals surface area (Å²) in [6, 6.07) is 0.362. The quantitative estimate of drug-likeness (QED) is 0.648. The smallest absolute Gasteiger partial charge is 0.220 e. The van der Waals surface area contributed by atoms with E-state index < -0.39 is 0 Å². The minimum Gasteiger partial charge on any atom is -0.355 e. The van der Waals surface area contributed by atoms with Crippen LogP contribution in [0, 0.1) is 5.92 Å². The predicted molar refractivity (Wildman–Crippen MR) is 64.8 cm³/mol. The Morgan fingerprint density at radius 3 is 2.27 bits per heavy atom. The van der Waals surface area contributed by atoms with Crippen LogP contribution in [0.1, 0.15) is 47.0 Å². The third-order valence-corrected chi connectivity index (χ3v) is 2.79. The number of carbonyl (C=O) groups excluding carboxylic acids is 1. The van der Waals surface area contributed by atoms with Gasteiger partial charge in [-0.2, -0.15) is 0 Å². The molecule has 0 aromatic rings. The summed E-state index contributed by atoms with van der Waals surface area (Å²) >= 11 is 0. The largest absolute Gasteiger partial charge is 0.355 e. The maximum absolute atomic E-state index is 11.5. The number of carbonyl (C=O) groups is 1. The number of likely N-dealkylation sites (N-methyl/N-ethyl adjacent to an activating group) is 1. The maximum Gasteiger partial charge on any atom is 0.220 e. The van der Waals surface area contributed by atoms with E-state index in [2.05, 4.69) is 38.3 Å². The summed E-state index contributed by atoms with van der Waals surface area (Å²) in [6.45, 7) is 10.1. The molecule has 3 heteroatoms. The van der Waals surface area contributed by atoms with Crippen molar-refractivity contribution in [2.45, 2.75) is 53.0 Å². The molecule has 15 heavy (non-hydrogen) atoms. The van der Waals surface area contributed by atoms with Gasteiger partial charge in [0.15, 0.2) is 0 Å². The molecule has 0 aliphatic heterocycles. The molecule has 0 heterocycles. The molecule has 0 aliphatic rings. The molecule has 1 amide bonds. The lowest BCUT2D eigenvalue weighted by Gasteiger charge is -2.15. The van der Waals surface area contributed by atoms with E-state index >= 15 is 0 Å². The molecule has 0 saturated carbocycles. The Hall–Kier alpha value is -0.570. The highest BCUT2D eigenvalue weighted by atomic mass is 16.1. The number of nitrogens with one attached hydrogen (secondary N) is 2. The third-order valence-electron chi connectivity index (χ3n) is 2.79. The average Bonchev–Trinajstić information content (AvgIpc) is 2.23. The monoisotopic (exact) mass is 214 g/mol. The molecule has 3 nitrogen and oxygen atoms in total. The molecule has 0 bridgehead atoms. The average molecular weight is 214 g/mol. The van der Waals surface area contributed by atoms with E-state index in [0.29, 0.717) is 18.4 Å². The Kier molecular flexibility index (Phi) is 8.38. The lowest BCUT2D eigenvalue weighted by Crippen LogP contribution is -2.39. The Labute approximate surface area is 94.0 Å². The molecular weight excluding hydrogens is 188 g/mol. The van der Waals surface area contributed by atoms with Gasteiger partial charge in [0.2, 0.25) is 5.91 Å². The van der Waals surface area contributed by atoms with Crippen LogP contribution >= 0.6 is 0 Å². The highest BCUT2D eigenvalue weighted by molar-refractivity contribution is 5.76. The van der Waals surface area contributed by atoms with Gasteiger partial charge in [0.25, 0.3) is 0 Å². The van der Waals surface area contributed by atoms with Gasteiger partial charge in [-0.15, -0.1) is 0 Å². The van der Waals surface area contributed by atoms with Gasteiger partial charge in [0, 0.05) is 19.0 Å². The fraction of sp³-hybridized carbons (Fsp3) is 0.917. The second-order valence-corrected chi connectivity index (χ2v) is 4.15. The molecule has 0 fully saturated rings. The molecule has 0 radical (unpaired) electrons. The molecular formula is C12H26N2O. The van der Waals surface area contributed by atoms with E-state index in [1.165, 1.54) is 0 Å². The predicted octanol–water partition coefficient (Wildman–Crippen LogP) is 1.93. The standard InChI is InChI=1S/C12H26N2O/c1-5-11(6-2)8-12(15)14-9-10(4)13-7-3/h10-11,13H,5-9H2,1-4H3,(H,14,15)/t10-/m1/s1.